The van der Waals surface area contributed by atoms with Crippen molar-refractivity contribution in [3.05, 3.63) is 49.0 Å². The third-order valence-corrected chi connectivity index (χ3v) is 5.58. The normalized spacial score (nSPS) is 10.5. The SMILES string of the molecule is Cc1cc(C(=O)N(C)CCOc2ccc(Br)cc2)sc1Br. The highest BCUT2D eigenvalue weighted by Gasteiger charge is 2.15. The average Bonchev–Trinajstić information content (AvgIpc) is 2.80. The van der Waals surface area contributed by atoms with Crippen molar-refractivity contribution < 1.29 is 9.53 Å². The maximum Gasteiger partial charge on any atom is 0.263 e. The number of carbonyl (C=O) groups is 1. The molecule has 1 heterocycles. The van der Waals surface area contributed by atoms with Gasteiger partial charge in [0.1, 0.15) is 12.4 Å². The Balaban J connectivity index is 1.85. The van der Waals surface area contributed by atoms with Gasteiger partial charge in [0.05, 0.1) is 15.2 Å². The molecule has 0 radical (unpaired) electrons. The van der Waals surface area contributed by atoms with E-state index in [1.165, 1.54) is 11.3 Å². The zero-order valence-electron chi connectivity index (χ0n) is 11.7. The molecule has 0 N–H and O–H groups in total. The lowest BCUT2D eigenvalue weighted by atomic mass is 10.3. The van der Waals surface area contributed by atoms with E-state index in [-0.39, 0.29) is 5.91 Å². The fourth-order valence-corrected chi connectivity index (χ4v) is 3.48. The maximum absolute atomic E-state index is 12.3. The van der Waals surface area contributed by atoms with E-state index in [9.17, 15) is 4.79 Å². The number of aryl methyl sites for hydroxylation is 1. The molecule has 1 amide bonds. The quantitative estimate of drug-likeness (QED) is 0.683. The molecule has 6 heteroatoms. The average molecular weight is 433 g/mol. The van der Waals surface area contributed by atoms with Crippen molar-refractivity contribution in [2.24, 2.45) is 0 Å². The molecular weight excluding hydrogens is 418 g/mol. The van der Waals surface area contributed by atoms with Crippen molar-refractivity contribution in [2.45, 2.75) is 6.92 Å². The van der Waals surface area contributed by atoms with Crippen molar-refractivity contribution in [2.75, 3.05) is 20.2 Å². The van der Waals surface area contributed by atoms with Gasteiger partial charge >= 0.3 is 0 Å². The third-order valence-electron chi connectivity index (χ3n) is 2.92. The Labute approximate surface area is 145 Å². The number of amides is 1. The summed E-state index contributed by atoms with van der Waals surface area (Å²) in [5.41, 5.74) is 1.09. The summed E-state index contributed by atoms with van der Waals surface area (Å²) in [7, 11) is 1.79. The molecule has 2 rings (SSSR count). The lowest BCUT2D eigenvalue weighted by Crippen LogP contribution is -2.30. The van der Waals surface area contributed by atoms with Crippen molar-refractivity contribution in [3.8, 4) is 5.75 Å². The first-order valence-electron chi connectivity index (χ1n) is 6.37. The van der Waals surface area contributed by atoms with Crippen LogP contribution in [0.5, 0.6) is 5.75 Å². The molecule has 3 nitrogen and oxygen atoms in total. The van der Waals surface area contributed by atoms with Gasteiger partial charge in [0.2, 0.25) is 0 Å². The van der Waals surface area contributed by atoms with Crippen LogP contribution in [0, 0.1) is 6.92 Å². The summed E-state index contributed by atoms with van der Waals surface area (Å²) in [6.07, 6.45) is 0. The minimum absolute atomic E-state index is 0.0215. The Hall–Kier alpha value is -0.850. The number of carbonyl (C=O) groups excluding carboxylic acids is 1. The number of hydrogen-bond donors (Lipinski definition) is 0. The van der Waals surface area contributed by atoms with Crippen LogP contribution < -0.4 is 4.74 Å². The third kappa shape index (κ3) is 4.56. The van der Waals surface area contributed by atoms with Crippen LogP contribution in [0.2, 0.25) is 0 Å². The highest BCUT2D eigenvalue weighted by atomic mass is 79.9. The van der Waals surface area contributed by atoms with Crippen molar-refractivity contribution >= 4 is 49.1 Å². The summed E-state index contributed by atoms with van der Waals surface area (Å²) in [6.45, 7) is 2.99. The number of thiophene rings is 1. The summed E-state index contributed by atoms with van der Waals surface area (Å²) in [5, 5.41) is 0. The predicted octanol–water partition coefficient (Wildman–Crippen LogP) is 4.73. The highest BCUT2D eigenvalue weighted by molar-refractivity contribution is 9.11. The van der Waals surface area contributed by atoms with Gasteiger partial charge in [-0.2, -0.15) is 0 Å². The molecule has 0 aliphatic rings. The first kappa shape index (κ1) is 16.5. The Morgan fingerprint density at radius 2 is 1.95 bits per heavy atom. The molecule has 21 heavy (non-hydrogen) atoms. The second kappa shape index (κ2) is 7.42. The summed E-state index contributed by atoms with van der Waals surface area (Å²) in [5.74, 6) is 0.821. The molecule has 2 aromatic rings. The Bertz CT molecular complexity index is 606. The van der Waals surface area contributed by atoms with Crippen LogP contribution in [0.1, 0.15) is 15.2 Å². The standard InChI is InChI=1S/C15H15Br2NO2S/c1-10-9-13(21-14(10)17)15(19)18(2)7-8-20-12-5-3-11(16)4-6-12/h3-6,9H,7-8H2,1-2H3. The van der Waals surface area contributed by atoms with Crippen LogP contribution in [0.3, 0.4) is 0 Å². The van der Waals surface area contributed by atoms with Crippen LogP contribution in [0.4, 0.5) is 0 Å². The van der Waals surface area contributed by atoms with E-state index in [0.717, 1.165) is 24.4 Å². The largest absolute Gasteiger partial charge is 0.492 e. The van der Waals surface area contributed by atoms with Gasteiger partial charge in [0.25, 0.3) is 5.91 Å². The van der Waals surface area contributed by atoms with Crippen molar-refractivity contribution in [1.29, 1.82) is 0 Å². The van der Waals surface area contributed by atoms with Gasteiger partial charge in [-0.15, -0.1) is 11.3 Å². The number of likely N-dealkylation sites (N-methyl/N-ethyl adjacent to an activating group) is 1. The monoisotopic (exact) mass is 431 g/mol. The summed E-state index contributed by atoms with van der Waals surface area (Å²) in [4.78, 5) is 14.7. The molecule has 0 unspecified atom stereocenters. The number of hydrogen-bond acceptors (Lipinski definition) is 3. The molecule has 0 spiro atoms. The van der Waals surface area contributed by atoms with Gasteiger partial charge < -0.3 is 9.64 Å². The van der Waals surface area contributed by atoms with Gasteiger partial charge in [-0.25, -0.2) is 0 Å². The predicted molar refractivity (Wildman–Crippen MR) is 93.4 cm³/mol. The maximum atomic E-state index is 12.3. The number of rotatable bonds is 5. The second-order valence-corrected chi connectivity index (χ2v) is 7.88. The van der Waals surface area contributed by atoms with Gasteiger partial charge in [0.15, 0.2) is 0 Å². The van der Waals surface area contributed by atoms with Gasteiger partial charge in [-0.1, -0.05) is 15.9 Å². The van der Waals surface area contributed by atoms with E-state index >= 15 is 0 Å². The van der Waals surface area contributed by atoms with Crippen LogP contribution in [0.15, 0.2) is 38.6 Å². The minimum atomic E-state index is 0.0215. The van der Waals surface area contributed by atoms with Gasteiger partial charge in [0, 0.05) is 11.5 Å². The molecule has 0 saturated carbocycles. The van der Waals surface area contributed by atoms with Crippen molar-refractivity contribution in [3.63, 3.8) is 0 Å². The molecule has 0 aliphatic heterocycles. The fraction of sp³-hybridized carbons (Fsp3) is 0.267. The van der Waals surface area contributed by atoms with E-state index in [2.05, 4.69) is 31.9 Å². The van der Waals surface area contributed by atoms with Crippen LogP contribution >= 0.6 is 43.2 Å². The van der Waals surface area contributed by atoms with Crippen LogP contribution in [0.25, 0.3) is 0 Å². The Morgan fingerprint density at radius 1 is 1.29 bits per heavy atom. The smallest absolute Gasteiger partial charge is 0.263 e. The highest BCUT2D eigenvalue weighted by Crippen LogP contribution is 2.28. The molecule has 0 atom stereocenters. The summed E-state index contributed by atoms with van der Waals surface area (Å²) < 4.78 is 7.65. The topological polar surface area (TPSA) is 29.5 Å². The molecule has 112 valence electrons. The summed E-state index contributed by atoms with van der Waals surface area (Å²) in [6, 6.07) is 9.55. The number of halogens is 2. The Morgan fingerprint density at radius 3 is 2.52 bits per heavy atom. The second-order valence-electron chi connectivity index (χ2n) is 4.60. The molecule has 0 fully saturated rings. The first-order chi connectivity index (χ1) is 9.97. The first-order valence-corrected chi connectivity index (χ1v) is 8.77. The number of benzene rings is 1. The zero-order chi connectivity index (χ0) is 15.4. The minimum Gasteiger partial charge on any atom is -0.492 e. The number of ether oxygens (including phenoxy) is 1. The molecule has 0 saturated heterocycles. The van der Waals surface area contributed by atoms with Crippen LogP contribution in [-0.2, 0) is 0 Å². The molecular formula is C15H15Br2NO2S. The van der Waals surface area contributed by atoms with Crippen molar-refractivity contribution in [1.82, 2.24) is 4.90 Å². The van der Waals surface area contributed by atoms with Crippen LogP contribution in [-0.4, -0.2) is 31.0 Å². The molecule has 1 aromatic carbocycles. The van der Waals surface area contributed by atoms with E-state index in [1.807, 2.05) is 37.3 Å². The lowest BCUT2D eigenvalue weighted by Gasteiger charge is -2.16. The summed E-state index contributed by atoms with van der Waals surface area (Å²) >= 11 is 8.28. The van der Waals surface area contributed by atoms with E-state index in [4.69, 9.17) is 4.74 Å². The number of nitrogens with zero attached hydrogens (tertiary/aromatic N) is 1. The fourth-order valence-electron chi connectivity index (χ4n) is 1.69. The van der Waals surface area contributed by atoms with E-state index in [0.29, 0.717) is 13.2 Å². The molecule has 0 bridgehead atoms. The lowest BCUT2D eigenvalue weighted by molar-refractivity contribution is 0.0778. The van der Waals surface area contributed by atoms with Gasteiger partial charge in [-0.05, 0) is 58.7 Å². The molecule has 1 aromatic heterocycles. The van der Waals surface area contributed by atoms with Gasteiger partial charge in [-0.3, -0.25) is 4.79 Å². The molecule has 0 aliphatic carbocycles. The van der Waals surface area contributed by atoms with E-state index < -0.39 is 0 Å². The zero-order valence-corrected chi connectivity index (χ0v) is 15.7. The van der Waals surface area contributed by atoms with E-state index in [1.54, 1.807) is 11.9 Å². The Kier molecular flexibility index (Phi) is 5.84.